The lowest BCUT2D eigenvalue weighted by Gasteiger charge is -2.30. The van der Waals surface area contributed by atoms with Crippen LogP contribution in [0.15, 0.2) is 0 Å². The average Bonchev–Trinajstić information content (AvgIpc) is 1.85. The molecule has 0 aliphatic heterocycles. The Labute approximate surface area is 79.8 Å². The summed E-state index contributed by atoms with van der Waals surface area (Å²) >= 11 is 0. The molecule has 0 bridgehead atoms. The maximum absolute atomic E-state index is 2.38. The second kappa shape index (κ2) is 6.51. The van der Waals surface area contributed by atoms with Crippen LogP contribution in [0.3, 0.4) is 0 Å². The third-order valence-corrected chi connectivity index (χ3v) is 2.84. The highest BCUT2D eigenvalue weighted by atomic mass is 14.3. The zero-order valence-corrected chi connectivity index (χ0v) is 9.02. The summed E-state index contributed by atoms with van der Waals surface area (Å²) in [6.45, 7) is 14.0. The van der Waals surface area contributed by atoms with Crippen molar-refractivity contribution in [3.8, 4) is 0 Å². The van der Waals surface area contributed by atoms with Crippen molar-refractivity contribution in [2.75, 3.05) is 0 Å². The van der Waals surface area contributed by atoms with Gasteiger partial charge in [0, 0.05) is 0 Å². The van der Waals surface area contributed by atoms with Gasteiger partial charge in [0.1, 0.15) is 0 Å². The molecule has 0 aliphatic rings. The lowest BCUT2D eigenvalue weighted by atomic mass is 9.76. The van der Waals surface area contributed by atoms with E-state index in [4.69, 9.17) is 0 Å². The Hall–Kier alpha value is 0. The fourth-order valence-electron chi connectivity index (χ4n) is 2.36. The Balaban J connectivity index is 0. The first-order valence-corrected chi connectivity index (χ1v) is 5.00. The molecule has 0 fully saturated rings. The van der Waals surface area contributed by atoms with Crippen molar-refractivity contribution in [3.05, 3.63) is 0 Å². The van der Waals surface area contributed by atoms with E-state index in [-0.39, 0.29) is 7.43 Å². The van der Waals surface area contributed by atoms with Gasteiger partial charge in [-0.15, -0.1) is 0 Å². The summed E-state index contributed by atoms with van der Waals surface area (Å²) in [7, 11) is 0. The highest BCUT2D eigenvalue weighted by Crippen LogP contribution is 2.29. The molecule has 0 aromatic heterocycles. The Morgan fingerprint density at radius 1 is 0.833 bits per heavy atom. The second-order valence-electron chi connectivity index (χ2n) is 4.45. The van der Waals surface area contributed by atoms with E-state index in [9.17, 15) is 0 Å². The molecule has 0 nitrogen and oxygen atoms in total. The number of rotatable bonds is 4. The maximum atomic E-state index is 2.38. The zero-order valence-electron chi connectivity index (χ0n) is 9.02. The van der Waals surface area contributed by atoms with Gasteiger partial charge in [-0.3, -0.25) is 0 Å². The smallest absolute Gasteiger partial charge is 0.0342 e. The molecule has 0 spiro atoms. The third-order valence-electron chi connectivity index (χ3n) is 2.84. The minimum Gasteiger partial charge on any atom is -0.0776 e. The van der Waals surface area contributed by atoms with Crippen LogP contribution >= 0.6 is 0 Å². The van der Waals surface area contributed by atoms with E-state index in [0.29, 0.717) is 0 Å². The summed E-state index contributed by atoms with van der Waals surface area (Å²) in [5.41, 5.74) is 0. The van der Waals surface area contributed by atoms with Crippen molar-refractivity contribution < 1.29 is 0 Å². The largest absolute Gasteiger partial charge is 0.0776 e. The third kappa shape index (κ3) is 4.13. The van der Waals surface area contributed by atoms with E-state index in [0.717, 1.165) is 23.7 Å². The fourth-order valence-corrected chi connectivity index (χ4v) is 2.36. The number of hydrogen-bond acceptors (Lipinski definition) is 0. The van der Waals surface area contributed by atoms with Gasteiger partial charge in [0.05, 0.1) is 0 Å². The van der Waals surface area contributed by atoms with Gasteiger partial charge in [-0.25, -0.2) is 0 Å². The van der Waals surface area contributed by atoms with Gasteiger partial charge in [0.2, 0.25) is 0 Å². The van der Waals surface area contributed by atoms with E-state index in [1.54, 1.807) is 0 Å². The van der Waals surface area contributed by atoms with E-state index in [1.807, 2.05) is 0 Å². The van der Waals surface area contributed by atoms with Crippen molar-refractivity contribution in [1.82, 2.24) is 0 Å². The molecule has 0 aliphatic carbocycles. The van der Waals surface area contributed by atoms with Crippen molar-refractivity contribution >= 4 is 0 Å². The van der Waals surface area contributed by atoms with Crippen LogP contribution in [-0.2, 0) is 0 Å². The molecule has 0 aromatic carbocycles. The zero-order chi connectivity index (χ0) is 9.02. The van der Waals surface area contributed by atoms with Gasteiger partial charge >= 0.3 is 0 Å². The molecular formula is C12H28. The van der Waals surface area contributed by atoms with Crippen molar-refractivity contribution in [1.29, 1.82) is 0 Å². The predicted octanol–water partition coefficient (Wildman–Crippen LogP) is 4.60. The second-order valence-corrected chi connectivity index (χ2v) is 4.45. The molecule has 0 heterocycles. The fraction of sp³-hybridized carbons (Fsp3) is 1.00. The summed E-state index contributed by atoms with van der Waals surface area (Å²) < 4.78 is 0. The van der Waals surface area contributed by atoms with Gasteiger partial charge in [-0.2, -0.15) is 0 Å². The van der Waals surface area contributed by atoms with E-state index >= 15 is 0 Å². The van der Waals surface area contributed by atoms with E-state index in [1.165, 1.54) is 6.42 Å². The Bertz CT molecular complexity index is 84.2. The quantitative estimate of drug-likeness (QED) is 0.581. The molecule has 1 atom stereocenters. The predicted molar refractivity (Wildman–Crippen MR) is 59.4 cm³/mol. The molecule has 1 unspecified atom stereocenters. The Morgan fingerprint density at radius 2 is 1.17 bits per heavy atom. The molecule has 0 saturated heterocycles. The van der Waals surface area contributed by atoms with Crippen LogP contribution in [0.5, 0.6) is 0 Å². The summed E-state index contributed by atoms with van der Waals surface area (Å²) in [6.07, 6.45) is 1.32. The topological polar surface area (TPSA) is 0 Å². The van der Waals surface area contributed by atoms with Gasteiger partial charge in [0.15, 0.2) is 0 Å². The van der Waals surface area contributed by atoms with Crippen molar-refractivity contribution in [2.24, 2.45) is 23.7 Å². The first kappa shape index (κ1) is 14.5. The SMILES string of the molecule is C.CCC(C)C(C(C)C)C(C)C. The van der Waals surface area contributed by atoms with E-state index in [2.05, 4.69) is 41.5 Å². The lowest BCUT2D eigenvalue weighted by Crippen LogP contribution is -2.22. The summed E-state index contributed by atoms with van der Waals surface area (Å²) in [6, 6.07) is 0. The van der Waals surface area contributed by atoms with Crippen LogP contribution < -0.4 is 0 Å². The first-order valence-electron chi connectivity index (χ1n) is 5.00. The van der Waals surface area contributed by atoms with Crippen molar-refractivity contribution in [3.63, 3.8) is 0 Å². The molecule has 0 radical (unpaired) electrons. The minimum absolute atomic E-state index is 0. The maximum Gasteiger partial charge on any atom is -0.0342 e. The molecule has 0 rings (SSSR count). The van der Waals surface area contributed by atoms with Gasteiger partial charge in [-0.05, 0) is 23.7 Å². The van der Waals surface area contributed by atoms with Crippen LogP contribution in [0.25, 0.3) is 0 Å². The highest BCUT2D eigenvalue weighted by molar-refractivity contribution is 4.71. The lowest BCUT2D eigenvalue weighted by molar-refractivity contribution is 0.194. The van der Waals surface area contributed by atoms with E-state index < -0.39 is 0 Å². The first-order chi connectivity index (χ1) is 5.00. The van der Waals surface area contributed by atoms with Crippen LogP contribution in [0, 0.1) is 23.7 Å². The minimum atomic E-state index is 0. The monoisotopic (exact) mass is 172 g/mol. The summed E-state index contributed by atoms with van der Waals surface area (Å²) in [4.78, 5) is 0. The number of hydrogen-bond donors (Lipinski definition) is 0. The van der Waals surface area contributed by atoms with Gasteiger partial charge in [-0.1, -0.05) is 55.4 Å². The van der Waals surface area contributed by atoms with Gasteiger partial charge in [0.25, 0.3) is 0 Å². The standard InChI is InChI=1S/C11H24.CH4/c1-7-10(6)11(8(2)3)9(4)5;/h8-11H,7H2,1-6H3;1H4. The van der Waals surface area contributed by atoms with Gasteiger partial charge < -0.3 is 0 Å². The molecule has 0 aromatic rings. The molecule has 12 heavy (non-hydrogen) atoms. The Kier molecular flexibility index (Phi) is 7.88. The average molecular weight is 172 g/mol. The molecule has 0 N–H and O–H groups in total. The summed E-state index contributed by atoms with van der Waals surface area (Å²) in [5.74, 6) is 3.46. The molecule has 0 heteroatoms. The van der Waals surface area contributed by atoms with Crippen molar-refractivity contribution in [2.45, 2.75) is 55.4 Å². The van der Waals surface area contributed by atoms with Crippen LogP contribution in [0.1, 0.15) is 55.4 Å². The Morgan fingerprint density at radius 3 is 1.25 bits per heavy atom. The molecule has 0 amide bonds. The summed E-state index contributed by atoms with van der Waals surface area (Å²) in [5, 5.41) is 0. The molecule has 76 valence electrons. The van der Waals surface area contributed by atoms with Crippen LogP contribution in [-0.4, -0.2) is 0 Å². The van der Waals surface area contributed by atoms with Crippen LogP contribution in [0.2, 0.25) is 0 Å². The molecular weight excluding hydrogens is 144 g/mol. The highest BCUT2D eigenvalue weighted by Gasteiger charge is 2.22. The van der Waals surface area contributed by atoms with Crippen LogP contribution in [0.4, 0.5) is 0 Å². The normalized spacial score (nSPS) is 13.8. The molecule has 0 saturated carbocycles.